The molecule has 1 amide bonds. The zero-order valence-corrected chi connectivity index (χ0v) is 20.3. The molecular weight excluding hydrogens is 452 g/mol. The van der Waals surface area contributed by atoms with Gasteiger partial charge >= 0.3 is 0 Å². The SMILES string of the molecule is Cc1ccc(NC(=O)/C(C#N)=C\c2cc(C)n(-c3sc4c(c3C#N)CCCC4)c2C)cc1Cl. The summed E-state index contributed by atoms with van der Waals surface area (Å²) in [5.74, 6) is -0.494. The predicted molar refractivity (Wildman–Crippen MR) is 133 cm³/mol. The number of thiophene rings is 1. The first kappa shape index (κ1) is 22.9. The lowest BCUT2D eigenvalue weighted by atomic mass is 9.96. The van der Waals surface area contributed by atoms with Gasteiger partial charge in [0.05, 0.1) is 5.56 Å². The van der Waals surface area contributed by atoms with Crippen LogP contribution in [-0.4, -0.2) is 10.5 Å². The molecule has 166 valence electrons. The highest BCUT2D eigenvalue weighted by atomic mass is 35.5. The number of carbonyl (C=O) groups excluding carboxylic acids is 1. The van der Waals surface area contributed by atoms with Crippen LogP contribution in [0.1, 0.15) is 51.4 Å². The minimum Gasteiger partial charge on any atom is -0.321 e. The Balaban J connectivity index is 1.69. The summed E-state index contributed by atoms with van der Waals surface area (Å²) >= 11 is 7.83. The van der Waals surface area contributed by atoms with Crippen LogP contribution in [0.2, 0.25) is 5.02 Å². The van der Waals surface area contributed by atoms with Gasteiger partial charge < -0.3 is 9.88 Å². The Morgan fingerprint density at radius 2 is 1.94 bits per heavy atom. The Morgan fingerprint density at radius 3 is 2.64 bits per heavy atom. The van der Waals surface area contributed by atoms with E-state index in [1.807, 2.05) is 39.0 Å². The van der Waals surface area contributed by atoms with Crippen molar-refractivity contribution in [3.63, 3.8) is 0 Å². The number of hydrogen-bond acceptors (Lipinski definition) is 4. The monoisotopic (exact) mass is 474 g/mol. The number of benzene rings is 1. The van der Waals surface area contributed by atoms with Crippen molar-refractivity contribution in [2.24, 2.45) is 0 Å². The standard InChI is InChI=1S/C26H23ClN4OS/c1-15-8-9-20(12-23(15)27)30-25(32)19(13-28)11-18-10-16(2)31(17(18)3)26-22(14-29)21-6-4-5-7-24(21)33-26/h8-12H,4-7H2,1-3H3,(H,30,32)/b19-11-. The first-order valence-electron chi connectivity index (χ1n) is 10.8. The third-order valence-corrected chi connectivity index (χ3v) is 7.72. The molecule has 5 nitrogen and oxygen atoms in total. The average Bonchev–Trinajstić information content (AvgIpc) is 3.29. The molecule has 1 aromatic carbocycles. The Kier molecular flexibility index (Phi) is 6.42. The molecule has 0 bridgehead atoms. The van der Waals surface area contributed by atoms with Crippen molar-refractivity contribution in [2.45, 2.75) is 46.5 Å². The molecule has 3 aromatic rings. The summed E-state index contributed by atoms with van der Waals surface area (Å²) in [4.78, 5) is 14.1. The second-order valence-corrected chi connectivity index (χ2v) is 9.74. The van der Waals surface area contributed by atoms with Gasteiger partial charge in [0.1, 0.15) is 22.7 Å². The van der Waals surface area contributed by atoms with Crippen molar-refractivity contribution >= 4 is 40.6 Å². The van der Waals surface area contributed by atoms with Crippen LogP contribution in [0.15, 0.2) is 29.8 Å². The van der Waals surface area contributed by atoms with Crippen LogP contribution in [0.5, 0.6) is 0 Å². The van der Waals surface area contributed by atoms with Gasteiger partial charge in [-0.05, 0) is 87.4 Å². The first-order valence-corrected chi connectivity index (χ1v) is 12.0. The molecule has 4 rings (SSSR count). The second kappa shape index (κ2) is 9.27. The van der Waals surface area contributed by atoms with E-state index >= 15 is 0 Å². The molecule has 1 aliphatic rings. The van der Waals surface area contributed by atoms with Crippen LogP contribution < -0.4 is 5.32 Å². The molecular formula is C26H23ClN4OS. The van der Waals surface area contributed by atoms with Gasteiger partial charge in [0.15, 0.2) is 0 Å². The zero-order valence-electron chi connectivity index (χ0n) is 18.8. The van der Waals surface area contributed by atoms with Gasteiger partial charge in [0, 0.05) is 27.0 Å². The van der Waals surface area contributed by atoms with E-state index in [9.17, 15) is 15.3 Å². The van der Waals surface area contributed by atoms with Gasteiger partial charge in [-0.15, -0.1) is 11.3 Å². The highest BCUT2D eigenvalue weighted by Gasteiger charge is 2.24. The lowest BCUT2D eigenvalue weighted by molar-refractivity contribution is -0.112. The van der Waals surface area contributed by atoms with E-state index in [1.54, 1.807) is 29.5 Å². The maximum Gasteiger partial charge on any atom is 0.266 e. The molecule has 33 heavy (non-hydrogen) atoms. The molecule has 0 fully saturated rings. The molecule has 0 aliphatic heterocycles. The number of aryl methyl sites for hydroxylation is 3. The fourth-order valence-corrected chi connectivity index (χ4v) is 5.87. The van der Waals surface area contributed by atoms with E-state index in [0.29, 0.717) is 10.7 Å². The van der Waals surface area contributed by atoms with Crippen molar-refractivity contribution in [1.82, 2.24) is 4.57 Å². The molecule has 1 N–H and O–H groups in total. The van der Waals surface area contributed by atoms with Crippen molar-refractivity contribution in [2.75, 3.05) is 5.32 Å². The number of carbonyl (C=O) groups is 1. The molecule has 0 radical (unpaired) electrons. The molecule has 0 unspecified atom stereocenters. The fourth-order valence-electron chi connectivity index (χ4n) is 4.24. The third kappa shape index (κ3) is 4.33. The Labute approximate surface area is 202 Å². The lowest BCUT2D eigenvalue weighted by Crippen LogP contribution is -2.13. The van der Waals surface area contributed by atoms with Gasteiger partial charge in [-0.25, -0.2) is 0 Å². The van der Waals surface area contributed by atoms with Gasteiger partial charge in [-0.2, -0.15) is 10.5 Å². The quantitative estimate of drug-likeness (QED) is 0.350. The number of hydrogen-bond donors (Lipinski definition) is 1. The summed E-state index contributed by atoms with van der Waals surface area (Å²) < 4.78 is 2.07. The minimum absolute atomic E-state index is 0.00192. The van der Waals surface area contributed by atoms with Gasteiger partial charge in [0.25, 0.3) is 5.91 Å². The first-order chi connectivity index (χ1) is 15.8. The molecule has 0 saturated carbocycles. The highest BCUT2D eigenvalue weighted by Crippen LogP contribution is 2.38. The number of nitriles is 2. The normalized spacial score (nSPS) is 13.2. The molecule has 2 heterocycles. The van der Waals surface area contributed by atoms with Crippen molar-refractivity contribution < 1.29 is 4.79 Å². The Hall–Kier alpha value is -3.32. The highest BCUT2D eigenvalue weighted by molar-refractivity contribution is 7.15. The topological polar surface area (TPSA) is 81.6 Å². The number of anilines is 1. The van der Waals surface area contributed by atoms with Crippen LogP contribution in [0.3, 0.4) is 0 Å². The molecule has 0 spiro atoms. The van der Waals surface area contributed by atoms with Crippen LogP contribution in [-0.2, 0) is 17.6 Å². The molecule has 7 heteroatoms. The number of nitrogens with one attached hydrogen (secondary N) is 1. The van der Waals surface area contributed by atoms with Crippen molar-refractivity contribution in [1.29, 1.82) is 10.5 Å². The van der Waals surface area contributed by atoms with E-state index in [-0.39, 0.29) is 5.57 Å². The van der Waals surface area contributed by atoms with Crippen LogP contribution in [0.25, 0.3) is 11.1 Å². The number of aromatic nitrogens is 1. The van der Waals surface area contributed by atoms with E-state index in [2.05, 4.69) is 16.0 Å². The van der Waals surface area contributed by atoms with Gasteiger partial charge in [-0.3, -0.25) is 4.79 Å². The van der Waals surface area contributed by atoms with Crippen molar-refractivity contribution in [3.05, 3.63) is 73.4 Å². The fraction of sp³-hybridized carbons (Fsp3) is 0.269. The summed E-state index contributed by atoms with van der Waals surface area (Å²) in [5, 5.41) is 23.7. The number of fused-ring (bicyclic) bond motifs is 1. The number of nitrogens with zero attached hydrogens (tertiary/aromatic N) is 3. The van der Waals surface area contributed by atoms with E-state index in [0.717, 1.165) is 58.8 Å². The van der Waals surface area contributed by atoms with Crippen LogP contribution in [0.4, 0.5) is 5.69 Å². The Bertz CT molecular complexity index is 1380. The predicted octanol–water partition coefficient (Wildman–Crippen LogP) is 6.41. The van der Waals surface area contributed by atoms with E-state index < -0.39 is 5.91 Å². The maximum absolute atomic E-state index is 12.8. The molecule has 1 aliphatic carbocycles. The smallest absolute Gasteiger partial charge is 0.266 e. The lowest BCUT2D eigenvalue weighted by Gasteiger charge is -2.10. The molecule has 0 atom stereocenters. The summed E-state index contributed by atoms with van der Waals surface area (Å²) in [6.07, 6.45) is 5.83. The van der Waals surface area contributed by atoms with Crippen LogP contribution in [0, 0.1) is 43.4 Å². The average molecular weight is 475 g/mol. The Morgan fingerprint density at radius 1 is 1.18 bits per heavy atom. The zero-order chi connectivity index (χ0) is 23.7. The third-order valence-electron chi connectivity index (χ3n) is 6.03. The second-order valence-electron chi connectivity index (χ2n) is 8.25. The summed E-state index contributed by atoms with van der Waals surface area (Å²) in [6, 6.07) is 11.6. The number of amides is 1. The van der Waals surface area contributed by atoms with E-state index in [4.69, 9.17) is 11.6 Å². The van der Waals surface area contributed by atoms with Gasteiger partial charge in [-0.1, -0.05) is 17.7 Å². The van der Waals surface area contributed by atoms with Gasteiger partial charge in [0.2, 0.25) is 0 Å². The van der Waals surface area contributed by atoms with Crippen molar-refractivity contribution in [3.8, 4) is 17.1 Å². The molecule has 0 saturated heterocycles. The number of rotatable bonds is 4. The summed E-state index contributed by atoms with van der Waals surface area (Å²) in [7, 11) is 0. The number of halogens is 1. The minimum atomic E-state index is -0.494. The summed E-state index contributed by atoms with van der Waals surface area (Å²) in [6.45, 7) is 5.81. The largest absolute Gasteiger partial charge is 0.321 e. The molecule has 2 aromatic heterocycles. The van der Waals surface area contributed by atoms with Crippen LogP contribution >= 0.6 is 22.9 Å². The maximum atomic E-state index is 12.8. The summed E-state index contributed by atoms with van der Waals surface area (Å²) in [5.41, 5.74) is 5.99. The van der Waals surface area contributed by atoms with E-state index in [1.165, 1.54) is 10.4 Å².